The van der Waals surface area contributed by atoms with Gasteiger partial charge in [-0.15, -0.1) is 0 Å². The van der Waals surface area contributed by atoms with Crippen molar-refractivity contribution in [3.8, 4) is 0 Å². The van der Waals surface area contributed by atoms with E-state index in [0.717, 1.165) is 31.4 Å². The summed E-state index contributed by atoms with van der Waals surface area (Å²) in [4.78, 5) is 21.4. The van der Waals surface area contributed by atoms with E-state index in [2.05, 4.69) is 29.2 Å². The zero-order chi connectivity index (χ0) is 24.6. The molecule has 6 nitrogen and oxygen atoms in total. The van der Waals surface area contributed by atoms with Crippen LogP contribution < -0.4 is 0 Å². The number of aliphatic imine (C=N–C) groups is 1. The first-order valence-electron chi connectivity index (χ1n) is 12.5. The Morgan fingerprint density at radius 1 is 1.09 bits per heavy atom. The van der Waals surface area contributed by atoms with Crippen molar-refractivity contribution in [2.75, 3.05) is 32.8 Å². The Hall–Kier alpha value is -3.09. The molecule has 0 radical (unpaired) electrons. The van der Waals surface area contributed by atoms with Crippen molar-refractivity contribution in [1.82, 2.24) is 9.80 Å². The van der Waals surface area contributed by atoms with Crippen LogP contribution in [0.2, 0.25) is 0 Å². The van der Waals surface area contributed by atoms with E-state index in [1.165, 1.54) is 23.3 Å². The van der Waals surface area contributed by atoms with E-state index in [1.807, 2.05) is 32.9 Å². The van der Waals surface area contributed by atoms with Crippen molar-refractivity contribution < 1.29 is 18.7 Å². The van der Waals surface area contributed by atoms with Gasteiger partial charge in [0, 0.05) is 25.0 Å². The van der Waals surface area contributed by atoms with Crippen LogP contribution in [0, 0.1) is 11.2 Å². The van der Waals surface area contributed by atoms with Gasteiger partial charge in [-0.05, 0) is 68.9 Å². The Kier molecular flexibility index (Phi) is 6.20. The molecular weight excluding hydrogens is 445 g/mol. The summed E-state index contributed by atoms with van der Waals surface area (Å²) in [5.74, 6) is -0.240. The number of hydrogen-bond donors (Lipinski definition) is 0. The molecular formula is C28H34FN3O3. The van der Waals surface area contributed by atoms with Crippen LogP contribution in [0.3, 0.4) is 0 Å². The topological polar surface area (TPSA) is 54.4 Å². The normalized spacial score (nSPS) is 21.7. The average Bonchev–Trinajstić information content (AvgIpc) is 2.84. The van der Waals surface area contributed by atoms with Crippen LogP contribution in [0.1, 0.15) is 56.3 Å². The maximum Gasteiger partial charge on any atom is 0.410 e. The lowest BCUT2D eigenvalue weighted by Crippen LogP contribution is -2.51. The monoisotopic (exact) mass is 479 g/mol. The first-order chi connectivity index (χ1) is 16.7. The lowest BCUT2D eigenvalue weighted by atomic mass is 9.78. The van der Waals surface area contributed by atoms with Crippen molar-refractivity contribution in [3.05, 3.63) is 71.0 Å². The average molecular weight is 480 g/mol. The van der Waals surface area contributed by atoms with E-state index < -0.39 is 5.60 Å². The molecule has 0 aliphatic carbocycles. The highest BCUT2D eigenvalue weighted by Gasteiger charge is 2.42. The number of rotatable bonds is 1. The predicted octanol–water partition coefficient (Wildman–Crippen LogP) is 5.18. The molecule has 3 aliphatic heterocycles. The van der Waals surface area contributed by atoms with Gasteiger partial charge in [-0.1, -0.05) is 36.4 Å². The highest BCUT2D eigenvalue weighted by Crippen LogP contribution is 2.39. The Morgan fingerprint density at radius 3 is 2.46 bits per heavy atom. The summed E-state index contributed by atoms with van der Waals surface area (Å²) < 4.78 is 25.5. The SMILES string of the molecule is CC(C)(C)OC(=O)N1CCC2(CC1)CN=C(N1CCc3ccccc3[C@@H]1c1ccc(F)cc1)OC2. The number of fused-ring (bicyclic) bond motifs is 1. The molecule has 1 atom stereocenters. The van der Waals surface area contributed by atoms with E-state index in [9.17, 15) is 9.18 Å². The minimum Gasteiger partial charge on any atom is -0.464 e. The summed E-state index contributed by atoms with van der Waals surface area (Å²) in [7, 11) is 0. The molecule has 3 aliphatic rings. The van der Waals surface area contributed by atoms with Gasteiger partial charge in [0.2, 0.25) is 0 Å². The number of likely N-dealkylation sites (tertiary alicyclic amines) is 1. The third kappa shape index (κ3) is 5.00. The quantitative estimate of drug-likeness (QED) is 0.566. The molecule has 3 heterocycles. The van der Waals surface area contributed by atoms with Crippen molar-refractivity contribution >= 4 is 12.1 Å². The molecule has 1 saturated heterocycles. The number of hydrogen-bond acceptors (Lipinski definition) is 5. The van der Waals surface area contributed by atoms with E-state index in [-0.39, 0.29) is 23.4 Å². The van der Waals surface area contributed by atoms with Crippen LogP contribution in [0.4, 0.5) is 9.18 Å². The first kappa shape index (κ1) is 23.6. The number of amidine groups is 1. The molecule has 0 N–H and O–H groups in total. The van der Waals surface area contributed by atoms with Crippen LogP contribution in [0.15, 0.2) is 53.5 Å². The van der Waals surface area contributed by atoms with Gasteiger partial charge in [0.25, 0.3) is 6.02 Å². The molecule has 35 heavy (non-hydrogen) atoms. The Labute approximate surface area is 206 Å². The zero-order valence-corrected chi connectivity index (χ0v) is 20.8. The van der Waals surface area contributed by atoms with Crippen molar-refractivity contribution in [2.24, 2.45) is 10.4 Å². The lowest BCUT2D eigenvalue weighted by molar-refractivity contribution is -0.00306. The maximum atomic E-state index is 13.7. The summed E-state index contributed by atoms with van der Waals surface area (Å²) in [6.45, 7) is 9.02. The third-order valence-corrected chi connectivity index (χ3v) is 7.25. The van der Waals surface area contributed by atoms with Crippen LogP contribution in [0.5, 0.6) is 0 Å². The van der Waals surface area contributed by atoms with Gasteiger partial charge in [-0.2, -0.15) is 0 Å². The number of halogens is 1. The van der Waals surface area contributed by atoms with E-state index in [1.54, 1.807) is 4.90 Å². The highest BCUT2D eigenvalue weighted by molar-refractivity contribution is 5.76. The van der Waals surface area contributed by atoms with Crippen LogP contribution in [-0.2, 0) is 15.9 Å². The largest absolute Gasteiger partial charge is 0.464 e. The Balaban J connectivity index is 1.32. The summed E-state index contributed by atoms with van der Waals surface area (Å²) >= 11 is 0. The third-order valence-electron chi connectivity index (χ3n) is 7.25. The fourth-order valence-corrected chi connectivity index (χ4v) is 5.29. The second kappa shape index (κ2) is 9.17. The van der Waals surface area contributed by atoms with E-state index in [0.29, 0.717) is 32.3 Å². The van der Waals surface area contributed by atoms with Crippen molar-refractivity contribution in [1.29, 1.82) is 0 Å². The predicted molar refractivity (Wildman–Crippen MR) is 133 cm³/mol. The second-order valence-electron chi connectivity index (χ2n) is 11.0. The zero-order valence-electron chi connectivity index (χ0n) is 20.8. The summed E-state index contributed by atoms with van der Waals surface area (Å²) in [5.41, 5.74) is 2.99. The molecule has 7 heteroatoms. The number of piperidine rings is 1. The van der Waals surface area contributed by atoms with Gasteiger partial charge in [-0.25, -0.2) is 14.2 Å². The van der Waals surface area contributed by atoms with Crippen molar-refractivity contribution in [2.45, 2.75) is 51.7 Å². The molecule has 0 unspecified atom stereocenters. The van der Waals surface area contributed by atoms with Crippen LogP contribution in [-0.4, -0.2) is 60.3 Å². The van der Waals surface area contributed by atoms with Gasteiger partial charge in [0.1, 0.15) is 11.4 Å². The minimum atomic E-state index is -0.493. The molecule has 186 valence electrons. The maximum absolute atomic E-state index is 13.7. The van der Waals surface area contributed by atoms with Gasteiger partial charge >= 0.3 is 6.09 Å². The van der Waals surface area contributed by atoms with E-state index in [4.69, 9.17) is 14.5 Å². The summed E-state index contributed by atoms with van der Waals surface area (Å²) in [5, 5.41) is 0. The summed E-state index contributed by atoms with van der Waals surface area (Å²) in [6.07, 6.45) is 2.34. The fraction of sp³-hybridized carbons (Fsp3) is 0.500. The van der Waals surface area contributed by atoms with Gasteiger partial charge < -0.3 is 19.3 Å². The van der Waals surface area contributed by atoms with Crippen LogP contribution in [0.25, 0.3) is 0 Å². The molecule has 1 spiro atoms. The molecule has 2 aromatic carbocycles. The molecule has 1 fully saturated rings. The first-order valence-corrected chi connectivity index (χ1v) is 12.5. The number of carbonyl (C=O) groups excluding carboxylic acids is 1. The smallest absolute Gasteiger partial charge is 0.410 e. The number of nitrogens with zero attached hydrogens (tertiary/aromatic N) is 3. The van der Waals surface area contributed by atoms with Gasteiger partial charge in [0.05, 0.1) is 19.2 Å². The Morgan fingerprint density at radius 2 is 1.80 bits per heavy atom. The highest BCUT2D eigenvalue weighted by atomic mass is 19.1. The van der Waals surface area contributed by atoms with Crippen molar-refractivity contribution in [3.63, 3.8) is 0 Å². The molecule has 0 saturated carbocycles. The van der Waals surface area contributed by atoms with Gasteiger partial charge in [-0.3, -0.25) is 0 Å². The standard InChI is InChI=1S/C28H34FN3O3/c1-27(2,3)35-26(33)31-16-13-28(14-17-31)18-30-25(34-19-28)32-15-12-20-6-4-5-7-23(20)24(32)21-8-10-22(29)11-9-21/h4-11,24H,12-19H2,1-3H3/t24-/m0/s1. The Bertz CT molecular complexity index is 1100. The van der Waals surface area contributed by atoms with E-state index >= 15 is 0 Å². The number of benzene rings is 2. The lowest BCUT2D eigenvalue weighted by Gasteiger charge is -2.45. The number of carbonyl (C=O) groups is 1. The molecule has 2 aromatic rings. The minimum absolute atomic E-state index is 0.0545. The fourth-order valence-electron chi connectivity index (χ4n) is 5.29. The van der Waals surface area contributed by atoms with Gasteiger partial charge in [0.15, 0.2) is 0 Å². The molecule has 0 bridgehead atoms. The second-order valence-corrected chi connectivity index (χ2v) is 11.0. The number of amides is 1. The molecule has 5 rings (SSSR count). The molecule has 1 amide bonds. The molecule has 0 aromatic heterocycles. The summed E-state index contributed by atoms with van der Waals surface area (Å²) in [6, 6.07) is 15.8. The number of ether oxygens (including phenoxy) is 2. The van der Waals surface area contributed by atoms with Crippen LogP contribution >= 0.6 is 0 Å².